The lowest BCUT2D eigenvalue weighted by molar-refractivity contribution is 0.0760. The maximum atomic E-state index is 12.8. The van der Waals surface area contributed by atoms with Gasteiger partial charge >= 0.3 is 0 Å². The van der Waals surface area contributed by atoms with E-state index in [1.807, 2.05) is 53.3 Å². The lowest BCUT2D eigenvalue weighted by Gasteiger charge is -2.26. The number of rotatable bonds is 5. The predicted molar refractivity (Wildman–Crippen MR) is 130 cm³/mol. The summed E-state index contributed by atoms with van der Waals surface area (Å²) in [6, 6.07) is 22.0. The SMILES string of the molecule is O=C(NCC1CCc2ccccc2C1)c1ccc2nn(CC3COc4ccccc4O3)cc2c1. The molecule has 2 atom stereocenters. The van der Waals surface area contributed by atoms with Gasteiger partial charge in [0.25, 0.3) is 5.91 Å². The second-order valence-corrected chi connectivity index (χ2v) is 9.21. The van der Waals surface area contributed by atoms with Crippen molar-refractivity contribution in [1.82, 2.24) is 15.1 Å². The Kier molecular flexibility index (Phi) is 5.41. The molecule has 4 aromatic rings. The summed E-state index contributed by atoms with van der Waals surface area (Å²) in [6.45, 7) is 1.76. The highest BCUT2D eigenvalue weighted by Crippen LogP contribution is 2.31. The molecule has 2 aliphatic rings. The molecule has 2 heterocycles. The summed E-state index contributed by atoms with van der Waals surface area (Å²) in [5.74, 6) is 1.98. The Hall–Kier alpha value is -3.80. The van der Waals surface area contributed by atoms with Crippen LogP contribution in [0.2, 0.25) is 0 Å². The van der Waals surface area contributed by atoms with Gasteiger partial charge in [-0.15, -0.1) is 0 Å². The van der Waals surface area contributed by atoms with Crippen molar-refractivity contribution in [3.63, 3.8) is 0 Å². The minimum atomic E-state index is -0.118. The summed E-state index contributed by atoms with van der Waals surface area (Å²) in [5, 5.41) is 8.74. The van der Waals surface area contributed by atoms with Crippen molar-refractivity contribution >= 4 is 16.8 Å². The monoisotopic (exact) mass is 453 g/mol. The number of ether oxygens (including phenoxy) is 2. The zero-order valence-corrected chi connectivity index (χ0v) is 18.9. The van der Waals surface area contributed by atoms with Gasteiger partial charge in [-0.25, -0.2) is 0 Å². The van der Waals surface area contributed by atoms with E-state index in [2.05, 4.69) is 34.7 Å². The molecule has 6 heteroatoms. The number of aryl methyl sites for hydroxylation is 1. The molecule has 1 aliphatic carbocycles. The van der Waals surface area contributed by atoms with Crippen LogP contribution in [0.5, 0.6) is 11.5 Å². The van der Waals surface area contributed by atoms with E-state index < -0.39 is 0 Å². The Morgan fingerprint density at radius 3 is 2.76 bits per heavy atom. The standard InChI is InChI=1S/C28H27N3O3/c32-28(29-15-19-9-10-20-5-1-2-6-21(20)13-19)22-11-12-25-23(14-22)16-31(30-25)17-24-18-33-26-7-3-4-8-27(26)34-24/h1-8,11-12,14,16,19,24H,9-10,13,15,17-18H2,(H,29,32). The molecule has 6 rings (SSSR count). The number of hydrogen-bond acceptors (Lipinski definition) is 4. The summed E-state index contributed by atoms with van der Waals surface area (Å²) in [4.78, 5) is 12.8. The fraction of sp³-hybridized carbons (Fsp3) is 0.286. The smallest absolute Gasteiger partial charge is 0.251 e. The van der Waals surface area contributed by atoms with Crippen LogP contribution in [0.15, 0.2) is 72.9 Å². The fourth-order valence-electron chi connectivity index (χ4n) is 4.96. The number of aromatic nitrogens is 2. The Morgan fingerprint density at radius 1 is 1.03 bits per heavy atom. The number of nitrogens with one attached hydrogen (secondary N) is 1. The molecule has 3 aromatic carbocycles. The minimum Gasteiger partial charge on any atom is -0.486 e. The Bertz CT molecular complexity index is 1350. The zero-order valence-electron chi connectivity index (χ0n) is 18.9. The summed E-state index contributed by atoms with van der Waals surface area (Å²) in [5.41, 5.74) is 4.38. The Labute approximate surface area is 198 Å². The first kappa shape index (κ1) is 20.8. The van der Waals surface area contributed by atoms with Crippen molar-refractivity contribution in [2.75, 3.05) is 13.2 Å². The summed E-state index contributed by atoms with van der Waals surface area (Å²) in [7, 11) is 0. The van der Waals surface area contributed by atoms with Crippen LogP contribution in [0.4, 0.5) is 0 Å². The molecule has 34 heavy (non-hydrogen) atoms. The average molecular weight is 454 g/mol. The third kappa shape index (κ3) is 4.23. The number of amides is 1. The first-order valence-corrected chi connectivity index (χ1v) is 11.9. The maximum absolute atomic E-state index is 12.8. The van der Waals surface area contributed by atoms with Crippen molar-refractivity contribution in [3.05, 3.63) is 89.6 Å². The van der Waals surface area contributed by atoms with Gasteiger partial charge in [-0.05, 0) is 66.6 Å². The van der Waals surface area contributed by atoms with Crippen LogP contribution in [0.25, 0.3) is 10.9 Å². The number of nitrogens with zero attached hydrogens (tertiary/aromatic N) is 2. The van der Waals surface area contributed by atoms with E-state index in [1.165, 1.54) is 11.1 Å². The molecule has 0 radical (unpaired) electrons. The second-order valence-electron chi connectivity index (χ2n) is 9.21. The average Bonchev–Trinajstić information content (AvgIpc) is 3.28. The molecule has 0 spiro atoms. The third-order valence-corrected chi connectivity index (χ3v) is 6.77. The molecule has 2 unspecified atom stereocenters. The highest BCUT2D eigenvalue weighted by Gasteiger charge is 2.22. The van der Waals surface area contributed by atoms with Gasteiger partial charge in [0, 0.05) is 23.7 Å². The topological polar surface area (TPSA) is 65.4 Å². The molecule has 1 N–H and O–H groups in total. The van der Waals surface area contributed by atoms with Crippen LogP contribution in [-0.2, 0) is 19.4 Å². The van der Waals surface area contributed by atoms with Gasteiger partial charge in [0.2, 0.25) is 0 Å². The summed E-state index contributed by atoms with van der Waals surface area (Å²) >= 11 is 0. The molecule has 0 saturated carbocycles. The lowest BCUT2D eigenvalue weighted by atomic mass is 9.84. The zero-order chi connectivity index (χ0) is 22.9. The van der Waals surface area contributed by atoms with Gasteiger partial charge in [-0.3, -0.25) is 9.48 Å². The summed E-state index contributed by atoms with van der Waals surface area (Å²) in [6.07, 6.45) is 5.07. The van der Waals surface area contributed by atoms with E-state index in [9.17, 15) is 4.79 Å². The van der Waals surface area contributed by atoms with Gasteiger partial charge < -0.3 is 14.8 Å². The van der Waals surface area contributed by atoms with Crippen LogP contribution >= 0.6 is 0 Å². The third-order valence-electron chi connectivity index (χ3n) is 6.77. The number of para-hydroxylation sites is 2. The Balaban J connectivity index is 1.09. The van der Waals surface area contributed by atoms with E-state index >= 15 is 0 Å². The van der Waals surface area contributed by atoms with Gasteiger partial charge in [0.05, 0.1) is 12.1 Å². The molecular weight excluding hydrogens is 426 g/mol. The first-order chi connectivity index (χ1) is 16.7. The molecule has 172 valence electrons. The molecular formula is C28H27N3O3. The lowest BCUT2D eigenvalue weighted by Crippen LogP contribution is -2.33. The van der Waals surface area contributed by atoms with Gasteiger partial charge in [0.15, 0.2) is 17.6 Å². The van der Waals surface area contributed by atoms with Gasteiger partial charge in [0.1, 0.15) is 6.61 Å². The normalized spacial score (nSPS) is 18.9. The van der Waals surface area contributed by atoms with Crippen LogP contribution in [-0.4, -0.2) is 34.9 Å². The van der Waals surface area contributed by atoms with Crippen molar-refractivity contribution in [2.45, 2.75) is 31.9 Å². The highest BCUT2D eigenvalue weighted by atomic mass is 16.6. The van der Waals surface area contributed by atoms with E-state index in [1.54, 1.807) is 0 Å². The molecule has 1 aliphatic heterocycles. The van der Waals surface area contributed by atoms with E-state index in [4.69, 9.17) is 9.47 Å². The summed E-state index contributed by atoms with van der Waals surface area (Å²) < 4.78 is 13.7. The van der Waals surface area contributed by atoms with Gasteiger partial charge in [-0.1, -0.05) is 36.4 Å². The van der Waals surface area contributed by atoms with E-state index in [0.29, 0.717) is 31.2 Å². The molecule has 0 fully saturated rings. The van der Waals surface area contributed by atoms with Crippen LogP contribution in [0.1, 0.15) is 27.9 Å². The minimum absolute atomic E-state index is 0.0332. The van der Waals surface area contributed by atoms with Crippen LogP contribution in [0, 0.1) is 5.92 Å². The van der Waals surface area contributed by atoms with Crippen molar-refractivity contribution in [3.8, 4) is 11.5 Å². The Morgan fingerprint density at radius 2 is 1.85 bits per heavy atom. The van der Waals surface area contributed by atoms with Crippen LogP contribution in [0.3, 0.4) is 0 Å². The van der Waals surface area contributed by atoms with Crippen LogP contribution < -0.4 is 14.8 Å². The number of fused-ring (bicyclic) bond motifs is 3. The van der Waals surface area contributed by atoms with Crippen molar-refractivity contribution in [1.29, 1.82) is 0 Å². The van der Waals surface area contributed by atoms with Gasteiger partial charge in [-0.2, -0.15) is 5.10 Å². The fourth-order valence-corrected chi connectivity index (χ4v) is 4.96. The molecule has 6 nitrogen and oxygen atoms in total. The second kappa shape index (κ2) is 8.86. The number of carbonyl (C=O) groups is 1. The van der Waals surface area contributed by atoms with Crippen molar-refractivity contribution in [2.24, 2.45) is 5.92 Å². The number of benzene rings is 3. The van der Waals surface area contributed by atoms with E-state index in [0.717, 1.165) is 41.7 Å². The molecule has 0 saturated heterocycles. The predicted octanol–water partition coefficient (Wildman–Crippen LogP) is 4.41. The number of hydrogen-bond donors (Lipinski definition) is 1. The van der Waals surface area contributed by atoms with E-state index in [-0.39, 0.29) is 12.0 Å². The van der Waals surface area contributed by atoms with Crippen molar-refractivity contribution < 1.29 is 14.3 Å². The molecule has 1 amide bonds. The largest absolute Gasteiger partial charge is 0.486 e. The quantitative estimate of drug-likeness (QED) is 0.486. The maximum Gasteiger partial charge on any atom is 0.251 e. The molecule has 1 aromatic heterocycles. The highest BCUT2D eigenvalue weighted by molar-refractivity contribution is 5.97. The first-order valence-electron chi connectivity index (χ1n) is 11.9. The number of carbonyl (C=O) groups excluding carboxylic acids is 1. The molecule has 0 bridgehead atoms.